The van der Waals surface area contributed by atoms with E-state index in [0.717, 1.165) is 92.7 Å². The van der Waals surface area contributed by atoms with E-state index in [1.165, 1.54) is 260 Å². The number of hydrogen-bond donors (Lipinski definition) is 0. The second kappa shape index (κ2) is 38.5. The van der Waals surface area contributed by atoms with Gasteiger partial charge in [0.1, 0.15) is 0 Å². The molecule has 13 aromatic carbocycles. The van der Waals surface area contributed by atoms with Crippen LogP contribution in [0.2, 0.25) is 0 Å². The largest absolute Gasteiger partial charge is 0.275 e. The van der Waals surface area contributed by atoms with Crippen molar-refractivity contribution in [3.8, 4) is 140 Å². The molecular formula is C129H142IN3. The van der Waals surface area contributed by atoms with Gasteiger partial charge in [0.15, 0.2) is 11.6 Å². The summed E-state index contributed by atoms with van der Waals surface area (Å²) in [4.78, 5) is 0. The van der Waals surface area contributed by atoms with E-state index in [1.807, 2.05) is 0 Å². The van der Waals surface area contributed by atoms with Crippen LogP contribution in [0.25, 0.3) is 140 Å². The monoisotopic (exact) mass is 1860 g/mol. The first-order valence-electron chi connectivity index (χ1n) is 52.3. The maximum Gasteiger partial charge on any atom is 0.168 e. The molecule has 0 fully saturated rings. The van der Waals surface area contributed by atoms with Gasteiger partial charge in [-0.2, -0.15) is 0 Å². The number of rotatable bonds is 38. The molecule has 133 heavy (non-hydrogen) atoms. The number of nitrogens with zero attached hydrogens (tertiary/aromatic N) is 3. The van der Waals surface area contributed by atoms with Crippen molar-refractivity contribution in [1.29, 1.82) is 0 Å². The molecule has 19 rings (SSSR count). The van der Waals surface area contributed by atoms with Crippen LogP contribution in [-0.2, 0) is 32.5 Å². The van der Waals surface area contributed by atoms with E-state index in [-0.39, 0.29) is 32.5 Å². The van der Waals surface area contributed by atoms with E-state index in [1.54, 1.807) is 44.5 Å². The van der Waals surface area contributed by atoms with Gasteiger partial charge >= 0.3 is 0 Å². The Balaban J connectivity index is 0.647. The summed E-state index contributed by atoms with van der Waals surface area (Å²) < 4.78 is 3.57. The summed E-state index contributed by atoms with van der Waals surface area (Å²) in [6.07, 6.45) is 35.3. The van der Waals surface area contributed by atoms with E-state index in [4.69, 9.17) is 10.2 Å². The molecule has 0 aliphatic heterocycles. The molecule has 0 saturated carbocycles. The van der Waals surface area contributed by atoms with Crippen LogP contribution in [0.5, 0.6) is 0 Å². The highest BCUT2D eigenvalue weighted by Crippen LogP contribution is 2.63. The van der Waals surface area contributed by atoms with Crippen molar-refractivity contribution in [3.63, 3.8) is 0 Å². The van der Waals surface area contributed by atoms with E-state index in [9.17, 15) is 0 Å². The SMILES string of the molecule is CCCCC1(CCCC)c2cc(I)ccc2-c2ccc(-c3ccc4c(c3)C(CCCC)(CCCC)c3cc(-c5ccc6c(c5)C(CCCC)(CCCC)c5cc(-c7ccc8c(c7)C(CCCC)(CCCC)c7cc(-c9ccc%10c(c9)C(CCCC)(CCCC)c9cc(-c%11ccc(-c%12nnc(-c%13ccc(C(C)(C)C)cc%13)n%12-c%12ccccc%12)cc%11)ccc9-%10)ccc7-8)ccc5-6)ccc3-4)cc21. The average molecular weight is 1860 g/mol. The second-order valence-corrected chi connectivity index (χ2v) is 43.1. The number of fused-ring (bicyclic) bond motifs is 15. The quantitative estimate of drug-likeness (QED) is 0.0361. The van der Waals surface area contributed by atoms with Gasteiger partial charge in [0.25, 0.3) is 0 Å². The Morgan fingerprint density at radius 1 is 0.218 bits per heavy atom. The topological polar surface area (TPSA) is 30.7 Å². The van der Waals surface area contributed by atoms with E-state index >= 15 is 0 Å². The van der Waals surface area contributed by atoms with Gasteiger partial charge in [-0.3, -0.25) is 4.57 Å². The molecule has 3 nitrogen and oxygen atoms in total. The highest BCUT2D eigenvalue weighted by molar-refractivity contribution is 14.1. The van der Waals surface area contributed by atoms with Crippen molar-refractivity contribution in [2.75, 3.05) is 0 Å². The minimum Gasteiger partial charge on any atom is -0.275 e. The number of para-hydroxylation sites is 1. The number of unbranched alkanes of at least 4 members (excludes halogenated alkanes) is 10. The molecule has 0 unspecified atom stereocenters. The summed E-state index contributed by atoms with van der Waals surface area (Å²) in [6, 6.07) is 105. The molecule has 0 bridgehead atoms. The lowest BCUT2D eigenvalue weighted by atomic mass is 9.69. The summed E-state index contributed by atoms with van der Waals surface area (Å²) in [7, 11) is 0. The first-order valence-corrected chi connectivity index (χ1v) is 53.4. The van der Waals surface area contributed by atoms with Crippen LogP contribution in [0.3, 0.4) is 0 Å². The molecule has 14 aromatic rings. The molecular weight excluding hydrogens is 1720 g/mol. The fourth-order valence-corrected chi connectivity index (χ4v) is 26.1. The number of hydrogen-bond acceptors (Lipinski definition) is 2. The van der Waals surface area contributed by atoms with Crippen LogP contribution < -0.4 is 0 Å². The zero-order valence-corrected chi connectivity index (χ0v) is 84.4. The van der Waals surface area contributed by atoms with Gasteiger partial charge in [-0.1, -0.05) is 400 Å². The van der Waals surface area contributed by atoms with E-state index < -0.39 is 0 Å². The molecule has 5 aliphatic carbocycles. The van der Waals surface area contributed by atoms with Crippen LogP contribution in [0, 0.1) is 3.57 Å². The molecule has 0 spiro atoms. The predicted molar refractivity (Wildman–Crippen MR) is 577 cm³/mol. The Morgan fingerprint density at radius 2 is 0.406 bits per heavy atom. The van der Waals surface area contributed by atoms with Gasteiger partial charge in [-0.05, 0) is 344 Å². The Morgan fingerprint density at radius 3 is 0.624 bits per heavy atom. The molecule has 0 saturated heterocycles. The fourth-order valence-electron chi connectivity index (χ4n) is 25.6. The van der Waals surface area contributed by atoms with Crippen LogP contribution in [0.15, 0.2) is 261 Å². The molecule has 5 aliphatic rings. The molecule has 0 atom stereocenters. The zero-order valence-electron chi connectivity index (χ0n) is 82.3. The standard InChI is InChI=1S/C129H142IN3/c1-14-24-67-125(68-25-15-2)112-77-90(87-39-41-88(42-40-87)122-131-132-123(133(122)101-37-35-34-36-38-101)89-43-54-99(55-44-89)124(11,12)13)45-57-102(112)103-58-46-91(78-113(103)125)92-47-59-104-105-60-48-93(80-115(105)126(69-26-16-3,70-27-17-4)114(104)79-92)94-49-61-106-107-62-50-95(82-117(107)127(71-28-18-5,72-29-19-6)116(106)81-94)96-51-63-108-109-64-52-97(84-119(109)128(73-30-20-7,74-31-21-8)118(108)83-96)98-53-65-110-111-66-56-100(130)86-121(111)129(75-32-22-9,76-33-23-10)120(110)85-98/h34-66,77-86H,14-33,67-76H2,1-13H3. The summed E-state index contributed by atoms with van der Waals surface area (Å²) >= 11 is 2.56. The van der Waals surface area contributed by atoms with Crippen LogP contribution >= 0.6 is 22.6 Å². The first-order chi connectivity index (χ1) is 64.9. The fraction of sp³-hybridized carbons (Fsp3) is 0.380. The molecule has 0 radical (unpaired) electrons. The Bertz CT molecular complexity index is 6540. The molecule has 1 heterocycles. The molecule has 4 heteroatoms. The van der Waals surface area contributed by atoms with Crippen molar-refractivity contribution in [2.45, 2.75) is 315 Å². The highest BCUT2D eigenvalue weighted by Gasteiger charge is 2.49. The first kappa shape index (κ1) is 91.8. The lowest BCUT2D eigenvalue weighted by Crippen LogP contribution is -2.26. The number of benzene rings is 13. The molecule has 0 amide bonds. The normalized spacial score (nSPS) is 14.8. The molecule has 1 aromatic heterocycles. The second-order valence-electron chi connectivity index (χ2n) is 41.9. The van der Waals surface area contributed by atoms with Crippen molar-refractivity contribution < 1.29 is 0 Å². The molecule has 0 N–H and O–H groups in total. The van der Waals surface area contributed by atoms with Crippen LogP contribution in [0.4, 0.5) is 0 Å². The maximum atomic E-state index is 4.95. The van der Waals surface area contributed by atoms with Crippen molar-refractivity contribution in [3.05, 3.63) is 326 Å². The summed E-state index contributed by atoms with van der Waals surface area (Å²) in [5.74, 6) is 1.67. The third-order valence-electron chi connectivity index (χ3n) is 32.8. The summed E-state index contributed by atoms with van der Waals surface area (Å²) in [5.41, 5.74) is 47.3. The highest BCUT2D eigenvalue weighted by atomic mass is 127. The third kappa shape index (κ3) is 16.1. The lowest BCUT2D eigenvalue weighted by molar-refractivity contribution is 0.414. The van der Waals surface area contributed by atoms with Gasteiger partial charge in [-0.25, -0.2) is 0 Å². The summed E-state index contributed by atoms with van der Waals surface area (Å²) in [5, 5.41) is 9.85. The van der Waals surface area contributed by atoms with Gasteiger partial charge in [-0.15, -0.1) is 10.2 Å². The van der Waals surface area contributed by atoms with Crippen molar-refractivity contribution >= 4 is 22.6 Å². The number of halogens is 1. The van der Waals surface area contributed by atoms with E-state index in [2.05, 4.69) is 378 Å². The van der Waals surface area contributed by atoms with Crippen molar-refractivity contribution in [1.82, 2.24) is 14.8 Å². The summed E-state index contributed by atoms with van der Waals surface area (Å²) in [6.45, 7) is 30.8. The van der Waals surface area contributed by atoms with Crippen molar-refractivity contribution in [2.24, 2.45) is 0 Å². The smallest absolute Gasteiger partial charge is 0.168 e. The predicted octanol–water partition coefficient (Wildman–Crippen LogP) is 38.1. The van der Waals surface area contributed by atoms with Gasteiger partial charge in [0.05, 0.1) is 0 Å². The Kier molecular flexibility index (Phi) is 26.6. The van der Waals surface area contributed by atoms with Crippen LogP contribution in [0.1, 0.15) is 344 Å². The van der Waals surface area contributed by atoms with Gasteiger partial charge in [0.2, 0.25) is 0 Å². The maximum absolute atomic E-state index is 4.95. The average Bonchev–Trinajstić information content (AvgIpc) is 1.56. The van der Waals surface area contributed by atoms with Crippen LogP contribution in [-0.4, -0.2) is 14.8 Å². The lowest BCUT2D eigenvalue weighted by Gasteiger charge is -2.34. The third-order valence-corrected chi connectivity index (χ3v) is 33.5. The van der Waals surface area contributed by atoms with E-state index in [0.29, 0.717) is 0 Å². The number of aromatic nitrogens is 3. The molecule has 680 valence electrons. The van der Waals surface area contributed by atoms with Gasteiger partial charge < -0.3 is 0 Å². The Labute approximate surface area is 811 Å². The minimum atomic E-state index is -0.118. The Hall–Kier alpha value is -10.3. The minimum absolute atomic E-state index is 0.0366. The zero-order chi connectivity index (χ0) is 92.0. The van der Waals surface area contributed by atoms with Gasteiger partial charge in [0, 0.05) is 47.5 Å².